The lowest BCUT2D eigenvalue weighted by Gasteiger charge is -2.15. The van der Waals surface area contributed by atoms with Gasteiger partial charge in [-0.25, -0.2) is 22.3 Å². The summed E-state index contributed by atoms with van der Waals surface area (Å²) in [5, 5.41) is 5.33. The van der Waals surface area contributed by atoms with Gasteiger partial charge >= 0.3 is 6.03 Å². The number of carbonyl (C=O) groups is 1. The molecule has 0 aromatic heterocycles. The van der Waals surface area contributed by atoms with Crippen molar-refractivity contribution in [1.82, 2.24) is 4.72 Å². The molecule has 1 aliphatic carbocycles. The van der Waals surface area contributed by atoms with Crippen LogP contribution in [0.5, 0.6) is 0 Å². The van der Waals surface area contributed by atoms with E-state index in [2.05, 4.69) is 15.4 Å². The van der Waals surface area contributed by atoms with Crippen molar-refractivity contribution in [3.8, 4) is 11.1 Å². The first-order chi connectivity index (χ1) is 14.4. The first-order valence-electron chi connectivity index (χ1n) is 9.46. The summed E-state index contributed by atoms with van der Waals surface area (Å²) in [4.78, 5) is 12.6. The number of hydrogen-bond acceptors (Lipinski definition) is 3. The predicted molar refractivity (Wildman–Crippen MR) is 121 cm³/mol. The average Bonchev–Trinajstić information content (AvgIpc) is 3.53. The van der Waals surface area contributed by atoms with Gasteiger partial charge in [0.1, 0.15) is 5.82 Å². The van der Waals surface area contributed by atoms with E-state index < -0.39 is 21.9 Å². The molecule has 3 N–H and O–H groups in total. The smallest absolute Gasteiger partial charge is 0.308 e. The number of carbonyl (C=O) groups excluding carboxylic acids is 1. The van der Waals surface area contributed by atoms with Crippen molar-refractivity contribution in [2.75, 3.05) is 10.6 Å². The van der Waals surface area contributed by atoms with Gasteiger partial charge in [0.15, 0.2) is 0 Å². The molecule has 0 unspecified atom stereocenters. The number of halogens is 1. The number of rotatable bonds is 6. The van der Waals surface area contributed by atoms with E-state index in [1.807, 2.05) is 30.3 Å². The fraction of sp³-hybridized carbons (Fsp3) is 0.136. The van der Waals surface area contributed by atoms with Gasteiger partial charge in [-0.15, -0.1) is 0 Å². The highest BCUT2D eigenvalue weighted by Crippen LogP contribution is 2.31. The molecule has 2 amide bonds. The highest BCUT2D eigenvalue weighted by atomic mass is 32.2. The third-order valence-electron chi connectivity index (χ3n) is 4.64. The van der Waals surface area contributed by atoms with Crippen molar-refractivity contribution >= 4 is 27.4 Å². The van der Waals surface area contributed by atoms with Gasteiger partial charge in [0.05, 0.1) is 10.6 Å². The standard InChI is InChI=1S/C22H20FN3O3S.3H2/c23-16-6-8-17(9-7-16)24-22(27)25-21-14-19(30(28,29)26-18-10-11-18)12-13-20(21)15-4-2-1-3-5-15;;;/h1-9,12-14,18,26H,10-11H2,(H2,24,25,27);3*1H. The van der Waals surface area contributed by atoms with Crippen LogP contribution >= 0.6 is 0 Å². The third-order valence-corrected chi connectivity index (χ3v) is 6.15. The number of urea groups is 1. The van der Waals surface area contributed by atoms with E-state index in [0.29, 0.717) is 16.9 Å². The Morgan fingerprint density at radius 2 is 1.63 bits per heavy atom. The summed E-state index contributed by atoms with van der Waals surface area (Å²) < 4.78 is 40.9. The zero-order valence-electron chi connectivity index (χ0n) is 15.9. The zero-order chi connectivity index (χ0) is 21.1. The summed E-state index contributed by atoms with van der Waals surface area (Å²) in [6, 6.07) is 18.7. The van der Waals surface area contributed by atoms with E-state index in [0.717, 1.165) is 18.4 Å². The molecule has 0 saturated heterocycles. The molecule has 0 heterocycles. The van der Waals surface area contributed by atoms with Gasteiger partial charge in [0, 0.05) is 21.6 Å². The van der Waals surface area contributed by atoms with Gasteiger partial charge in [-0.3, -0.25) is 0 Å². The van der Waals surface area contributed by atoms with Crippen molar-refractivity contribution in [3.63, 3.8) is 0 Å². The van der Waals surface area contributed by atoms with Crippen LogP contribution in [0.3, 0.4) is 0 Å². The molecule has 0 atom stereocenters. The lowest BCUT2D eigenvalue weighted by molar-refractivity contribution is 0.262. The summed E-state index contributed by atoms with van der Waals surface area (Å²) in [5.41, 5.74) is 2.26. The zero-order valence-corrected chi connectivity index (χ0v) is 16.7. The van der Waals surface area contributed by atoms with E-state index in [9.17, 15) is 17.6 Å². The predicted octanol–water partition coefficient (Wildman–Crippen LogP) is 5.32. The molecular formula is C22H26FN3O3S. The number of nitrogens with one attached hydrogen (secondary N) is 3. The van der Waals surface area contributed by atoms with Crippen LogP contribution in [0.15, 0.2) is 77.7 Å². The van der Waals surface area contributed by atoms with Crippen LogP contribution in [0.1, 0.15) is 17.1 Å². The van der Waals surface area contributed by atoms with Gasteiger partial charge in [-0.2, -0.15) is 0 Å². The lowest BCUT2D eigenvalue weighted by Crippen LogP contribution is -2.26. The van der Waals surface area contributed by atoms with E-state index in [4.69, 9.17) is 0 Å². The largest absolute Gasteiger partial charge is 0.323 e. The molecule has 4 rings (SSSR count). The van der Waals surface area contributed by atoms with Crippen molar-refractivity contribution in [2.24, 2.45) is 0 Å². The Labute approximate surface area is 178 Å². The van der Waals surface area contributed by atoms with Crippen LogP contribution in [0.4, 0.5) is 20.6 Å². The quantitative estimate of drug-likeness (QED) is 0.494. The minimum absolute atomic E-state index is 0. The average molecular weight is 432 g/mol. The maximum absolute atomic E-state index is 13.1. The number of benzene rings is 3. The molecule has 0 aliphatic heterocycles. The summed E-state index contributed by atoms with van der Waals surface area (Å²) in [5.74, 6) is -0.409. The Hall–Kier alpha value is -3.23. The highest BCUT2D eigenvalue weighted by molar-refractivity contribution is 7.89. The molecule has 8 heteroatoms. The lowest BCUT2D eigenvalue weighted by atomic mass is 10.0. The molecule has 0 spiro atoms. The summed E-state index contributed by atoms with van der Waals surface area (Å²) in [6.07, 6.45) is 1.65. The second-order valence-corrected chi connectivity index (χ2v) is 8.77. The number of amides is 2. The van der Waals surface area contributed by atoms with Gasteiger partial charge in [0.2, 0.25) is 10.0 Å². The van der Waals surface area contributed by atoms with Crippen molar-refractivity contribution in [3.05, 3.63) is 78.6 Å². The van der Waals surface area contributed by atoms with Crippen LogP contribution in [0, 0.1) is 5.82 Å². The fourth-order valence-electron chi connectivity index (χ4n) is 2.97. The van der Waals surface area contributed by atoms with Gasteiger partial charge in [-0.05, 0) is 54.8 Å². The SMILES string of the molecule is O=C(Nc1ccc(F)cc1)Nc1cc(S(=O)(=O)NC2CC2)ccc1-c1ccccc1.[HH].[HH].[HH]. The minimum atomic E-state index is -3.68. The van der Waals surface area contributed by atoms with Crippen LogP contribution in [-0.4, -0.2) is 20.5 Å². The summed E-state index contributed by atoms with van der Waals surface area (Å²) in [7, 11) is -3.68. The molecule has 1 saturated carbocycles. The minimum Gasteiger partial charge on any atom is -0.308 e. The van der Waals surface area contributed by atoms with E-state index >= 15 is 0 Å². The van der Waals surface area contributed by atoms with Gasteiger partial charge < -0.3 is 10.6 Å². The van der Waals surface area contributed by atoms with Crippen molar-refractivity contribution in [2.45, 2.75) is 23.8 Å². The van der Waals surface area contributed by atoms with Crippen molar-refractivity contribution in [1.29, 1.82) is 0 Å². The third kappa shape index (κ3) is 4.84. The van der Waals surface area contributed by atoms with Crippen LogP contribution in [0.25, 0.3) is 11.1 Å². The molecule has 6 nitrogen and oxygen atoms in total. The Kier molecular flexibility index (Phi) is 5.52. The Morgan fingerprint density at radius 3 is 2.30 bits per heavy atom. The Bertz CT molecular complexity index is 1180. The molecule has 3 aromatic rings. The van der Waals surface area contributed by atoms with Gasteiger partial charge in [-0.1, -0.05) is 36.4 Å². The first kappa shape index (κ1) is 20.1. The summed E-state index contributed by atoms with van der Waals surface area (Å²) in [6.45, 7) is 0. The fourth-order valence-corrected chi connectivity index (χ4v) is 4.30. The Balaban J connectivity index is 0.00000181. The van der Waals surface area contributed by atoms with Crippen LogP contribution < -0.4 is 15.4 Å². The molecule has 160 valence electrons. The monoisotopic (exact) mass is 431 g/mol. The maximum Gasteiger partial charge on any atom is 0.323 e. The molecule has 30 heavy (non-hydrogen) atoms. The van der Waals surface area contributed by atoms with E-state index in [1.165, 1.54) is 36.4 Å². The molecule has 1 aliphatic rings. The first-order valence-corrected chi connectivity index (χ1v) is 10.9. The number of hydrogen-bond donors (Lipinski definition) is 3. The molecule has 1 fully saturated rings. The maximum atomic E-state index is 13.1. The molecular weight excluding hydrogens is 405 g/mol. The second-order valence-electron chi connectivity index (χ2n) is 7.05. The van der Waals surface area contributed by atoms with Gasteiger partial charge in [0.25, 0.3) is 0 Å². The van der Waals surface area contributed by atoms with E-state index in [-0.39, 0.29) is 15.2 Å². The Morgan fingerprint density at radius 1 is 0.933 bits per heavy atom. The van der Waals surface area contributed by atoms with E-state index in [1.54, 1.807) is 6.07 Å². The van der Waals surface area contributed by atoms with Crippen molar-refractivity contribution < 1.29 is 21.9 Å². The number of sulfonamides is 1. The number of anilines is 2. The summed E-state index contributed by atoms with van der Waals surface area (Å²) >= 11 is 0. The van der Waals surface area contributed by atoms with Crippen LogP contribution in [-0.2, 0) is 10.0 Å². The molecule has 3 aromatic carbocycles. The molecule has 0 bridgehead atoms. The normalized spacial score (nSPS) is 13.6. The topological polar surface area (TPSA) is 87.3 Å². The highest BCUT2D eigenvalue weighted by Gasteiger charge is 2.28. The second kappa shape index (κ2) is 8.25. The molecule has 0 radical (unpaired) electrons. The van der Waals surface area contributed by atoms with Crippen LogP contribution in [0.2, 0.25) is 0 Å².